The number of ether oxygens (including phenoxy) is 1. The van der Waals surface area contributed by atoms with Crippen molar-refractivity contribution in [1.29, 1.82) is 0 Å². The van der Waals surface area contributed by atoms with Crippen LogP contribution in [0, 0.1) is 5.82 Å². The predicted octanol–water partition coefficient (Wildman–Crippen LogP) is 3.66. The summed E-state index contributed by atoms with van der Waals surface area (Å²) in [5.74, 6) is -0.338. The minimum absolute atomic E-state index is 0.0636. The highest BCUT2D eigenvalue weighted by molar-refractivity contribution is 6.04. The van der Waals surface area contributed by atoms with Gasteiger partial charge in [-0.05, 0) is 42.0 Å². The van der Waals surface area contributed by atoms with Gasteiger partial charge in [-0.15, -0.1) is 0 Å². The van der Waals surface area contributed by atoms with Gasteiger partial charge in [-0.2, -0.15) is 0 Å². The molecule has 0 atom stereocenters. The van der Waals surface area contributed by atoms with Gasteiger partial charge in [-0.1, -0.05) is 24.3 Å². The highest BCUT2D eigenvalue weighted by atomic mass is 19.1. The zero-order valence-corrected chi connectivity index (χ0v) is 15.2. The van der Waals surface area contributed by atoms with E-state index in [2.05, 4.69) is 10.3 Å². The van der Waals surface area contributed by atoms with Crippen LogP contribution in [0.4, 0.5) is 10.1 Å². The van der Waals surface area contributed by atoms with Gasteiger partial charge in [-0.25, -0.2) is 9.37 Å². The van der Waals surface area contributed by atoms with Crippen LogP contribution in [-0.2, 0) is 6.61 Å². The summed E-state index contributed by atoms with van der Waals surface area (Å²) in [5.41, 5.74) is 1.24. The van der Waals surface area contributed by atoms with Crippen LogP contribution in [0.1, 0.15) is 15.9 Å². The van der Waals surface area contributed by atoms with Gasteiger partial charge < -0.3 is 10.1 Å². The first-order valence-electron chi connectivity index (χ1n) is 8.85. The number of halogens is 1. The van der Waals surface area contributed by atoms with Crippen LogP contribution < -0.4 is 15.6 Å². The molecule has 4 aromatic rings. The fourth-order valence-electron chi connectivity index (χ4n) is 2.79. The predicted molar refractivity (Wildman–Crippen MR) is 107 cm³/mol. The lowest BCUT2D eigenvalue weighted by Crippen LogP contribution is -2.26. The monoisotopic (exact) mass is 389 g/mol. The van der Waals surface area contributed by atoms with E-state index in [0.717, 1.165) is 5.56 Å². The number of pyridine rings is 1. The van der Waals surface area contributed by atoms with E-state index in [9.17, 15) is 14.0 Å². The molecular weight excluding hydrogens is 373 g/mol. The maximum absolute atomic E-state index is 13.0. The Morgan fingerprint density at radius 2 is 1.90 bits per heavy atom. The largest absolute Gasteiger partial charge is 0.489 e. The molecule has 0 bridgehead atoms. The summed E-state index contributed by atoms with van der Waals surface area (Å²) in [6.45, 7) is 0.258. The number of carbonyl (C=O) groups is 1. The molecule has 0 aliphatic heterocycles. The van der Waals surface area contributed by atoms with Gasteiger partial charge in [0.25, 0.3) is 11.5 Å². The molecule has 1 N–H and O–H groups in total. The summed E-state index contributed by atoms with van der Waals surface area (Å²) in [5, 5.41) is 2.69. The van der Waals surface area contributed by atoms with Crippen molar-refractivity contribution < 1.29 is 13.9 Å². The zero-order valence-electron chi connectivity index (χ0n) is 15.2. The number of aromatic nitrogens is 2. The highest BCUT2D eigenvalue weighted by Crippen LogP contribution is 2.19. The maximum Gasteiger partial charge on any atom is 0.270 e. The van der Waals surface area contributed by atoms with Gasteiger partial charge in [0, 0.05) is 24.1 Å². The van der Waals surface area contributed by atoms with Crippen LogP contribution in [0.25, 0.3) is 5.65 Å². The molecule has 1 amide bonds. The fourth-order valence-corrected chi connectivity index (χ4v) is 2.79. The van der Waals surface area contributed by atoms with Gasteiger partial charge in [-0.3, -0.25) is 14.0 Å². The molecule has 2 aromatic carbocycles. The van der Waals surface area contributed by atoms with Gasteiger partial charge in [0.05, 0.1) is 0 Å². The Bertz CT molecular complexity index is 1240. The molecule has 29 heavy (non-hydrogen) atoms. The SMILES string of the molecule is O=C(Nc1cccc(OCc2ccc(F)cc2)c1)c1cnc2ccccn2c1=O. The molecule has 0 unspecified atom stereocenters. The molecule has 4 rings (SSSR count). The smallest absolute Gasteiger partial charge is 0.270 e. The molecule has 0 aliphatic carbocycles. The summed E-state index contributed by atoms with van der Waals surface area (Å²) in [4.78, 5) is 29.2. The van der Waals surface area contributed by atoms with Gasteiger partial charge in [0.1, 0.15) is 29.4 Å². The van der Waals surface area contributed by atoms with Gasteiger partial charge >= 0.3 is 0 Å². The lowest BCUT2D eigenvalue weighted by Gasteiger charge is -2.10. The minimum atomic E-state index is -0.559. The first-order chi connectivity index (χ1) is 14.1. The number of nitrogens with zero attached hydrogens (tertiary/aromatic N) is 2. The first-order valence-corrected chi connectivity index (χ1v) is 8.85. The van der Waals surface area contributed by atoms with Crippen molar-refractivity contribution in [1.82, 2.24) is 9.38 Å². The number of amides is 1. The van der Waals surface area contributed by atoms with Crippen molar-refractivity contribution in [3.63, 3.8) is 0 Å². The van der Waals surface area contributed by atoms with Crippen LogP contribution in [0.5, 0.6) is 5.75 Å². The molecule has 7 heteroatoms. The van der Waals surface area contributed by atoms with Crippen LogP contribution in [0.15, 0.2) is 83.9 Å². The molecule has 0 aliphatic rings. The van der Waals surface area contributed by atoms with Crippen molar-refractivity contribution in [2.45, 2.75) is 6.61 Å². The average Bonchev–Trinajstić information content (AvgIpc) is 2.74. The van der Waals surface area contributed by atoms with E-state index in [-0.39, 0.29) is 18.0 Å². The van der Waals surface area contributed by atoms with E-state index >= 15 is 0 Å². The average molecular weight is 389 g/mol. The molecule has 144 valence electrons. The molecule has 0 saturated heterocycles. The Morgan fingerprint density at radius 1 is 1.07 bits per heavy atom. The van der Waals surface area contributed by atoms with Crippen molar-refractivity contribution in [2.75, 3.05) is 5.32 Å². The molecule has 0 radical (unpaired) electrons. The van der Waals surface area contributed by atoms with Gasteiger partial charge in [0.2, 0.25) is 0 Å². The van der Waals surface area contributed by atoms with Gasteiger partial charge in [0.15, 0.2) is 0 Å². The number of fused-ring (bicyclic) bond motifs is 1. The lowest BCUT2D eigenvalue weighted by atomic mass is 10.2. The van der Waals surface area contributed by atoms with Crippen molar-refractivity contribution >= 4 is 17.2 Å². The molecule has 6 nitrogen and oxygen atoms in total. The number of benzene rings is 2. The van der Waals surface area contributed by atoms with E-state index in [0.29, 0.717) is 17.1 Å². The minimum Gasteiger partial charge on any atom is -0.489 e. The standard InChI is InChI=1S/C22H16FN3O3/c23-16-9-7-15(8-10-16)14-29-18-5-3-4-17(12-18)25-21(27)19-13-24-20-6-1-2-11-26(20)22(19)28/h1-13H,14H2,(H,25,27). The maximum atomic E-state index is 13.0. The summed E-state index contributed by atoms with van der Waals surface area (Å²) >= 11 is 0. The second-order valence-corrected chi connectivity index (χ2v) is 6.30. The third-order valence-electron chi connectivity index (χ3n) is 4.27. The summed E-state index contributed by atoms with van der Waals surface area (Å²) in [7, 11) is 0. The molecular formula is C22H16FN3O3. The molecule has 0 saturated carbocycles. The number of rotatable bonds is 5. The van der Waals surface area contributed by atoms with Crippen LogP contribution >= 0.6 is 0 Å². The van der Waals surface area contributed by atoms with Crippen LogP contribution in [-0.4, -0.2) is 15.3 Å². The Balaban J connectivity index is 1.49. The van der Waals surface area contributed by atoms with Crippen LogP contribution in [0.2, 0.25) is 0 Å². The van der Waals surface area contributed by atoms with Crippen molar-refractivity contribution in [2.24, 2.45) is 0 Å². The lowest BCUT2D eigenvalue weighted by molar-refractivity contribution is 0.102. The fraction of sp³-hybridized carbons (Fsp3) is 0.0455. The summed E-state index contributed by atoms with van der Waals surface area (Å²) < 4.78 is 20.0. The van der Waals surface area contributed by atoms with E-state index in [1.165, 1.54) is 22.7 Å². The molecule has 0 spiro atoms. The number of carbonyl (C=O) groups excluding carboxylic acids is 1. The van der Waals surface area contributed by atoms with E-state index < -0.39 is 11.5 Å². The van der Waals surface area contributed by atoms with E-state index in [4.69, 9.17) is 4.74 Å². The second kappa shape index (κ2) is 7.93. The number of anilines is 1. The normalized spacial score (nSPS) is 10.7. The molecule has 0 fully saturated rings. The van der Waals surface area contributed by atoms with Crippen LogP contribution in [0.3, 0.4) is 0 Å². The van der Waals surface area contributed by atoms with E-state index in [1.54, 1.807) is 60.8 Å². The number of nitrogens with one attached hydrogen (secondary N) is 1. The zero-order chi connectivity index (χ0) is 20.2. The third-order valence-corrected chi connectivity index (χ3v) is 4.27. The quantitative estimate of drug-likeness (QED) is 0.565. The molecule has 2 aromatic heterocycles. The van der Waals surface area contributed by atoms with E-state index in [1.807, 2.05) is 0 Å². The Labute approximate surface area is 165 Å². The highest BCUT2D eigenvalue weighted by Gasteiger charge is 2.13. The molecule has 2 heterocycles. The topological polar surface area (TPSA) is 72.7 Å². The third kappa shape index (κ3) is 4.14. The number of hydrogen-bond acceptors (Lipinski definition) is 4. The van der Waals surface area contributed by atoms with Crippen molar-refractivity contribution in [3.8, 4) is 5.75 Å². The van der Waals surface area contributed by atoms with Crippen molar-refractivity contribution in [3.05, 3.63) is 106 Å². The summed E-state index contributed by atoms with van der Waals surface area (Å²) in [6, 6.07) is 18.0. The Hall–Kier alpha value is -4.00. The number of hydrogen-bond donors (Lipinski definition) is 1. The second-order valence-electron chi connectivity index (χ2n) is 6.30. The first kappa shape index (κ1) is 18.4. The Morgan fingerprint density at radius 3 is 2.72 bits per heavy atom. The Kier molecular flexibility index (Phi) is 5.03. The summed E-state index contributed by atoms with van der Waals surface area (Å²) in [6.07, 6.45) is 2.83.